The van der Waals surface area contributed by atoms with E-state index in [1.807, 2.05) is 6.26 Å². The number of anilines is 1. The van der Waals surface area contributed by atoms with Gasteiger partial charge in [-0.05, 0) is 12.3 Å². The summed E-state index contributed by atoms with van der Waals surface area (Å²) in [5.74, 6) is -0.573. The Bertz CT molecular complexity index is 629. The number of nitro groups is 1. The molecule has 0 radical (unpaired) electrons. The lowest BCUT2D eigenvalue weighted by Crippen LogP contribution is -2.13. The Labute approximate surface area is 116 Å². The number of nitrogens with zero attached hydrogens (tertiary/aromatic N) is 3. The van der Waals surface area contributed by atoms with Gasteiger partial charge >= 0.3 is 0 Å². The molecule has 1 N–H and O–H groups in total. The predicted molar refractivity (Wildman–Crippen MR) is 72.7 cm³/mol. The number of carbonyl (C=O) groups is 1. The Balaban J connectivity index is 2.22. The molecule has 0 saturated carbocycles. The van der Waals surface area contributed by atoms with E-state index in [1.165, 1.54) is 41.3 Å². The van der Waals surface area contributed by atoms with Gasteiger partial charge in [-0.2, -0.15) is 0 Å². The van der Waals surface area contributed by atoms with Gasteiger partial charge in [-0.25, -0.2) is 0 Å². The summed E-state index contributed by atoms with van der Waals surface area (Å²) in [4.78, 5) is 22.2. The number of nitrogens with one attached hydrogen (secondary N) is 1. The average molecular weight is 296 g/mol. The number of para-hydroxylation sites is 1. The first-order valence-electron chi connectivity index (χ1n) is 5.04. The van der Waals surface area contributed by atoms with Crippen molar-refractivity contribution < 1.29 is 9.72 Å². The van der Waals surface area contributed by atoms with Crippen molar-refractivity contribution in [3.8, 4) is 0 Å². The van der Waals surface area contributed by atoms with Crippen LogP contribution in [0.25, 0.3) is 0 Å². The van der Waals surface area contributed by atoms with Gasteiger partial charge in [0.2, 0.25) is 5.13 Å². The normalized spacial score (nSPS) is 10.2. The maximum absolute atomic E-state index is 12.0. The van der Waals surface area contributed by atoms with Gasteiger partial charge in [0.05, 0.1) is 4.92 Å². The summed E-state index contributed by atoms with van der Waals surface area (Å²) < 4.78 is 0.706. The number of aromatic nitrogens is 2. The molecule has 2 aromatic rings. The van der Waals surface area contributed by atoms with E-state index in [2.05, 4.69) is 15.5 Å². The highest BCUT2D eigenvalue weighted by Gasteiger charge is 2.20. The van der Waals surface area contributed by atoms with Crippen LogP contribution >= 0.6 is 23.1 Å². The predicted octanol–water partition coefficient (Wildman–Crippen LogP) is 2.42. The number of amides is 1. The second-order valence-corrected chi connectivity index (χ2v) is 5.34. The zero-order valence-electron chi connectivity index (χ0n) is 9.69. The highest BCUT2D eigenvalue weighted by molar-refractivity contribution is 8.00. The van der Waals surface area contributed by atoms with Crippen molar-refractivity contribution in [1.82, 2.24) is 10.2 Å². The molecule has 0 aliphatic rings. The Morgan fingerprint density at radius 2 is 2.16 bits per heavy atom. The molecule has 0 atom stereocenters. The van der Waals surface area contributed by atoms with Crippen molar-refractivity contribution in [2.45, 2.75) is 4.34 Å². The number of hydrogen-bond donors (Lipinski definition) is 1. The van der Waals surface area contributed by atoms with Crippen molar-refractivity contribution in [2.24, 2.45) is 0 Å². The molecule has 1 aromatic carbocycles. The second-order valence-electron chi connectivity index (χ2n) is 3.31. The summed E-state index contributed by atoms with van der Waals surface area (Å²) in [6, 6.07) is 5.74. The maximum Gasteiger partial charge on any atom is 0.282 e. The lowest BCUT2D eigenvalue weighted by molar-refractivity contribution is -0.385. The van der Waals surface area contributed by atoms with Gasteiger partial charge in [0, 0.05) is 6.07 Å². The summed E-state index contributed by atoms with van der Waals surface area (Å²) >= 11 is 2.62. The first-order valence-corrected chi connectivity index (χ1v) is 7.08. The molecular formula is C10H8N4O3S2. The molecule has 1 amide bonds. The fraction of sp³-hybridized carbons (Fsp3) is 0.100. The number of nitro benzene ring substituents is 1. The molecule has 2 rings (SSSR count). The summed E-state index contributed by atoms with van der Waals surface area (Å²) in [6.07, 6.45) is 1.84. The van der Waals surface area contributed by atoms with Crippen molar-refractivity contribution in [1.29, 1.82) is 0 Å². The Kier molecular flexibility index (Phi) is 4.07. The topological polar surface area (TPSA) is 98.0 Å². The molecule has 9 heteroatoms. The van der Waals surface area contributed by atoms with Crippen LogP contribution in [-0.4, -0.2) is 27.3 Å². The highest BCUT2D eigenvalue weighted by Crippen LogP contribution is 2.24. The summed E-state index contributed by atoms with van der Waals surface area (Å²) in [6.45, 7) is 0. The van der Waals surface area contributed by atoms with Crippen LogP contribution in [0.5, 0.6) is 0 Å². The van der Waals surface area contributed by atoms with Crippen LogP contribution in [-0.2, 0) is 0 Å². The van der Waals surface area contributed by atoms with E-state index in [1.54, 1.807) is 6.07 Å². The molecule has 1 aromatic heterocycles. The van der Waals surface area contributed by atoms with Crippen LogP contribution in [0.2, 0.25) is 0 Å². The van der Waals surface area contributed by atoms with Crippen LogP contribution in [0, 0.1) is 10.1 Å². The van der Waals surface area contributed by atoms with Crippen LogP contribution in [0.3, 0.4) is 0 Å². The smallest absolute Gasteiger partial charge is 0.282 e. The zero-order valence-corrected chi connectivity index (χ0v) is 11.3. The minimum Gasteiger partial charge on any atom is -0.296 e. The van der Waals surface area contributed by atoms with Gasteiger partial charge in [-0.1, -0.05) is 35.2 Å². The van der Waals surface area contributed by atoms with E-state index in [0.29, 0.717) is 9.47 Å². The lowest BCUT2D eigenvalue weighted by Gasteiger charge is -2.01. The molecule has 0 spiro atoms. The van der Waals surface area contributed by atoms with Crippen LogP contribution in [0.1, 0.15) is 10.4 Å². The second kappa shape index (κ2) is 5.76. The molecule has 0 fully saturated rings. The maximum atomic E-state index is 12.0. The molecule has 0 aliphatic heterocycles. The van der Waals surface area contributed by atoms with Crippen LogP contribution in [0.4, 0.5) is 10.8 Å². The third kappa shape index (κ3) is 3.06. The van der Waals surface area contributed by atoms with Crippen molar-refractivity contribution in [3.05, 3.63) is 39.9 Å². The quantitative estimate of drug-likeness (QED) is 0.402. The van der Waals surface area contributed by atoms with E-state index in [0.717, 1.165) is 0 Å². The van der Waals surface area contributed by atoms with E-state index >= 15 is 0 Å². The number of rotatable bonds is 4. The van der Waals surface area contributed by atoms with Crippen molar-refractivity contribution in [2.75, 3.05) is 11.6 Å². The molecule has 0 saturated heterocycles. The third-order valence-corrected chi connectivity index (χ3v) is 3.96. The Hall–Kier alpha value is -2.00. The third-order valence-electron chi connectivity index (χ3n) is 2.15. The van der Waals surface area contributed by atoms with Gasteiger partial charge in [0.15, 0.2) is 4.34 Å². The molecule has 19 heavy (non-hydrogen) atoms. The molecule has 7 nitrogen and oxygen atoms in total. The summed E-state index contributed by atoms with van der Waals surface area (Å²) in [7, 11) is 0. The lowest BCUT2D eigenvalue weighted by atomic mass is 10.1. The fourth-order valence-corrected chi connectivity index (χ4v) is 2.50. The Morgan fingerprint density at radius 3 is 2.79 bits per heavy atom. The zero-order chi connectivity index (χ0) is 13.8. The van der Waals surface area contributed by atoms with E-state index in [9.17, 15) is 14.9 Å². The highest BCUT2D eigenvalue weighted by atomic mass is 32.2. The van der Waals surface area contributed by atoms with Gasteiger partial charge in [0.25, 0.3) is 11.6 Å². The molecule has 0 aliphatic carbocycles. The van der Waals surface area contributed by atoms with E-state index in [4.69, 9.17) is 0 Å². The fourth-order valence-electron chi connectivity index (χ4n) is 1.33. The van der Waals surface area contributed by atoms with E-state index in [-0.39, 0.29) is 11.3 Å². The first kappa shape index (κ1) is 13.4. The summed E-state index contributed by atoms with van der Waals surface area (Å²) in [5.41, 5.74) is -0.247. The van der Waals surface area contributed by atoms with Crippen molar-refractivity contribution >= 4 is 39.8 Å². The minimum atomic E-state index is -0.595. The van der Waals surface area contributed by atoms with Crippen LogP contribution < -0.4 is 5.32 Å². The average Bonchev–Trinajstić information content (AvgIpc) is 2.86. The number of thioether (sulfide) groups is 1. The van der Waals surface area contributed by atoms with Gasteiger partial charge < -0.3 is 0 Å². The number of benzene rings is 1. The first-order chi connectivity index (χ1) is 9.11. The van der Waals surface area contributed by atoms with Crippen molar-refractivity contribution in [3.63, 3.8) is 0 Å². The Morgan fingerprint density at radius 1 is 1.42 bits per heavy atom. The molecule has 98 valence electrons. The molecule has 0 bridgehead atoms. The molecular weight excluding hydrogens is 288 g/mol. The summed E-state index contributed by atoms with van der Waals surface area (Å²) in [5, 5.41) is 21.2. The van der Waals surface area contributed by atoms with Crippen LogP contribution in [0.15, 0.2) is 28.6 Å². The molecule has 1 heterocycles. The number of hydrogen-bond acceptors (Lipinski definition) is 7. The van der Waals surface area contributed by atoms with E-state index < -0.39 is 10.8 Å². The van der Waals surface area contributed by atoms with Gasteiger partial charge in [-0.15, -0.1) is 10.2 Å². The number of carbonyl (C=O) groups excluding carboxylic acids is 1. The van der Waals surface area contributed by atoms with Gasteiger partial charge in [0.1, 0.15) is 5.56 Å². The monoisotopic (exact) mass is 296 g/mol. The SMILES string of the molecule is CSc1nnc(NC(=O)c2ccccc2[N+](=O)[O-])s1. The molecule has 0 unspecified atom stereocenters. The standard InChI is InChI=1S/C10H8N4O3S2/c1-18-10-13-12-9(19-10)11-8(15)6-4-2-3-5-7(6)14(16)17/h2-5H,1H3,(H,11,12,15). The largest absolute Gasteiger partial charge is 0.296 e. The van der Waals surface area contributed by atoms with Gasteiger partial charge in [-0.3, -0.25) is 20.2 Å². The minimum absolute atomic E-state index is 0.00611.